The van der Waals surface area contributed by atoms with Crippen LogP contribution in [-0.4, -0.2) is 75.1 Å². The molecule has 0 saturated carbocycles. The lowest BCUT2D eigenvalue weighted by molar-refractivity contribution is 0.233. The standard InChI is InChI=1S/C28H33N9O2S/c1-37(2)15-6-16-39-21-11-9-19(10-12-21)24-34-23-25(31-18-32-26(23)35-24)29-14-13-22-17-30-28(40-22)36-27(38)33-20-7-4-3-5-8-20/h3-5,7-12,17-18,27,33,38H,6,13-16H2,1-2H3,(H,30,36)(H2,29,31,32,34,35). The van der Waals surface area contributed by atoms with Crippen molar-refractivity contribution >= 4 is 39.1 Å². The van der Waals surface area contributed by atoms with Crippen LogP contribution in [0.25, 0.3) is 22.6 Å². The lowest BCUT2D eigenvalue weighted by atomic mass is 10.2. The highest BCUT2D eigenvalue weighted by atomic mass is 32.1. The molecule has 0 fully saturated rings. The number of thiazole rings is 1. The van der Waals surface area contributed by atoms with Gasteiger partial charge in [0.1, 0.15) is 23.4 Å². The number of anilines is 3. The van der Waals surface area contributed by atoms with Crippen LogP contribution < -0.4 is 20.7 Å². The van der Waals surface area contributed by atoms with Gasteiger partial charge in [-0.15, -0.1) is 11.3 Å². The Morgan fingerprint density at radius 3 is 2.65 bits per heavy atom. The fraction of sp³-hybridized carbons (Fsp3) is 0.286. The minimum atomic E-state index is -0.944. The summed E-state index contributed by atoms with van der Waals surface area (Å²) in [4.78, 5) is 24.3. The molecule has 12 heteroatoms. The third-order valence-electron chi connectivity index (χ3n) is 5.99. The number of hydrogen-bond donors (Lipinski definition) is 5. The summed E-state index contributed by atoms with van der Waals surface area (Å²) in [5.74, 6) is 2.25. The number of benzene rings is 2. The molecule has 1 unspecified atom stereocenters. The number of aliphatic hydroxyl groups excluding tert-OH is 1. The number of nitrogens with one attached hydrogen (secondary N) is 4. The van der Waals surface area contributed by atoms with Crippen molar-refractivity contribution in [1.82, 2.24) is 29.8 Å². The number of nitrogens with zero attached hydrogens (tertiary/aromatic N) is 5. The average Bonchev–Trinajstić information content (AvgIpc) is 3.59. The Kier molecular flexibility index (Phi) is 9.01. The molecule has 5 rings (SSSR count). The topological polar surface area (TPSA) is 136 Å². The second-order valence-electron chi connectivity index (χ2n) is 9.40. The third-order valence-corrected chi connectivity index (χ3v) is 6.98. The quantitative estimate of drug-likeness (QED) is 0.0992. The van der Waals surface area contributed by atoms with E-state index in [1.165, 1.54) is 17.7 Å². The normalized spacial score (nSPS) is 12.0. The molecule has 40 heavy (non-hydrogen) atoms. The lowest BCUT2D eigenvalue weighted by Crippen LogP contribution is -2.27. The number of H-pyrrole nitrogens is 1. The maximum atomic E-state index is 10.2. The van der Waals surface area contributed by atoms with Gasteiger partial charge in [-0.1, -0.05) is 18.2 Å². The van der Waals surface area contributed by atoms with Gasteiger partial charge in [0, 0.05) is 41.8 Å². The van der Waals surface area contributed by atoms with Crippen molar-refractivity contribution in [2.45, 2.75) is 19.2 Å². The van der Waals surface area contributed by atoms with Crippen molar-refractivity contribution in [2.75, 3.05) is 49.7 Å². The van der Waals surface area contributed by atoms with Crippen molar-refractivity contribution in [3.05, 3.63) is 72.0 Å². The first-order chi connectivity index (χ1) is 19.5. The molecular weight excluding hydrogens is 526 g/mol. The van der Waals surface area contributed by atoms with Gasteiger partial charge in [0.15, 0.2) is 16.6 Å². The van der Waals surface area contributed by atoms with Crippen molar-refractivity contribution < 1.29 is 9.84 Å². The molecule has 208 valence electrons. The van der Waals surface area contributed by atoms with Gasteiger partial charge in [0.25, 0.3) is 0 Å². The molecule has 0 aliphatic carbocycles. The van der Waals surface area contributed by atoms with Gasteiger partial charge in [0.05, 0.1) is 6.61 Å². The molecule has 0 saturated heterocycles. The van der Waals surface area contributed by atoms with E-state index in [9.17, 15) is 5.11 Å². The molecule has 0 aliphatic rings. The van der Waals surface area contributed by atoms with E-state index in [0.29, 0.717) is 29.7 Å². The second kappa shape index (κ2) is 13.2. The van der Waals surface area contributed by atoms with E-state index >= 15 is 0 Å². The highest BCUT2D eigenvalue weighted by Gasteiger charge is 2.12. The van der Waals surface area contributed by atoms with E-state index in [2.05, 4.69) is 59.9 Å². The zero-order valence-electron chi connectivity index (χ0n) is 22.5. The molecule has 0 spiro atoms. The Balaban J connectivity index is 1.14. The summed E-state index contributed by atoms with van der Waals surface area (Å²) in [5.41, 5.74) is 3.11. The number of imidazole rings is 1. The highest BCUT2D eigenvalue weighted by Crippen LogP contribution is 2.25. The number of para-hydroxylation sites is 1. The molecule has 1 atom stereocenters. The predicted molar refractivity (Wildman–Crippen MR) is 160 cm³/mol. The van der Waals surface area contributed by atoms with Crippen LogP contribution in [0.3, 0.4) is 0 Å². The van der Waals surface area contributed by atoms with Crippen molar-refractivity contribution in [3.8, 4) is 17.1 Å². The molecule has 3 aromatic heterocycles. The van der Waals surface area contributed by atoms with Crippen LogP contribution in [-0.2, 0) is 6.42 Å². The van der Waals surface area contributed by atoms with E-state index in [1.54, 1.807) is 0 Å². The third kappa shape index (κ3) is 7.44. The van der Waals surface area contributed by atoms with Crippen LogP contribution in [0.4, 0.5) is 16.6 Å². The molecule has 0 radical (unpaired) electrons. The molecule has 11 nitrogen and oxygen atoms in total. The van der Waals surface area contributed by atoms with Gasteiger partial charge in [-0.25, -0.2) is 19.9 Å². The number of aliphatic hydroxyl groups is 1. The van der Waals surface area contributed by atoms with E-state index in [0.717, 1.165) is 52.6 Å². The smallest absolute Gasteiger partial charge is 0.204 e. The summed E-state index contributed by atoms with van der Waals surface area (Å²) in [7, 11) is 4.11. The van der Waals surface area contributed by atoms with Crippen LogP contribution in [0.1, 0.15) is 11.3 Å². The van der Waals surface area contributed by atoms with Gasteiger partial charge in [-0.2, -0.15) is 0 Å². The van der Waals surface area contributed by atoms with Gasteiger partial charge in [-0.3, -0.25) is 0 Å². The first kappa shape index (κ1) is 27.3. The van der Waals surface area contributed by atoms with Crippen molar-refractivity contribution in [3.63, 3.8) is 0 Å². The van der Waals surface area contributed by atoms with E-state index in [1.807, 2.05) is 60.8 Å². The average molecular weight is 560 g/mol. The number of aromatic amines is 1. The number of fused-ring (bicyclic) bond motifs is 1. The van der Waals surface area contributed by atoms with E-state index in [4.69, 9.17) is 4.74 Å². The maximum absolute atomic E-state index is 10.2. The Bertz CT molecular complexity index is 1490. The molecule has 2 aromatic carbocycles. The van der Waals surface area contributed by atoms with E-state index in [-0.39, 0.29) is 0 Å². The van der Waals surface area contributed by atoms with Gasteiger partial charge < -0.3 is 35.7 Å². The lowest BCUT2D eigenvalue weighted by Gasteiger charge is -2.14. The van der Waals surface area contributed by atoms with Gasteiger partial charge in [-0.05, 0) is 56.9 Å². The van der Waals surface area contributed by atoms with Crippen LogP contribution in [0.5, 0.6) is 5.75 Å². The molecule has 5 N–H and O–H groups in total. The molecule has 5 aromatic rings. The molecule has 3 heterocycles. The maximum Gasteiger partial charge on any atom is 0.204 e. The molecule has 0 bridgehead atoms. The fourth-order valence-electron chi connectivity index (χ4n) is 4.02. The number of ether oxygens (including phenoxy) is 1. The first-order valence-corrected chi connectivity index (χ1v) is 13.9. The highest BCUT2D eigenvalue weighted by molar-refractivity contribution is 7.15. The number of aromatic nitrogens is 5. The molecule has 0 amide bonds. The minimum Gasteiger partial charge on any atom is -0.494 e. The Morgan fingerprint density at radius 1 is 1.02 bits per heavy atom. The zero-order valence-corrected chi connectivity index (χ0v) is 23.3. The summed E-state index contributed by atoms with van der Waals surface area (Å²) < 4.78 is 5.84. The van der Waals surface area contributed by atoms with Crippen LogP contribution in [0, 0.1) is 0 Å². The number of rotatable bonds is 14. The Hall–Kier alpha value is -4.26. The first-order valence-electron chi connectivity index (χ1n) is 13.1. The Morgan fingerprint density at radius 2 is 1.85 bits per heavy atom. The summed E-state index contributed by atoms with van der Waals surface area (Å²) in [5, 5.41) is 20.2. The summed E-state index contributed by atoms with van der Waals surface area (Å²) >= 11 is 1.49. The van der Waals surface area contributed by atoms with E-state index < -0.39 is 6.35 Å². The summed E-state index contributed by atoms with van der Waals surface area (Å²) in [6.45, 7) is 2.32. The minimum absolute atomic E-state index is 0.598. The SMILES string of the molecule is CN(C)CCCOc1ccc(-c2nc3ncnc(NCCc4cnc(NC(O)Nc5ccccc5)s4)c3[nH]2)cc1. The monoisotopic (exact) mass is 559 g/mol. The van der Waals surface area contributed by atoms with Crippen LogP contribution in [0.15, 0.2) is 67.1 Å². The zero-order chi connectivity index (χ0) is 27.7. The van der Waals surface area contributed by atoms with Crippen molar-refractivity contribution in [2.24, 2.45) is 0 Å². The summed E-state index contributed by atoms with van der Waals surface area (Å²) in [6.07, 6.45) is 4.09. The van der Waals surface area contributed by atoms with Crippen LogP contribution >= 0.6 is 11.3 Å². The predicted octanol–water partition coefficient (Wildman–Crippen LogP) is 4.26. The Labute approximate surface area is 236 Å². The van der Waals surface area contributed by atoms with Crippen LogP contribution in [0.2, 0.25) is 0 Å². The summed E-state index contributed by atoms with van der Waals surface area (Å²) in [6, 6.07) is 17.4. The van der Waals surface area contributed by atoms with Crippen molar-refractivity contribution in [1.29, 1.82) is 0 Å². The molecular formula is C28H33N9O2S. The van der Waals surface area contributed by atoms with Gasteiger partial charge in [0.2, 0.25) is 6.35 Å². The fourth-order valence-corrected chi connectivity index (χ4v) is 4.85. The number of hydrogen-bond acceptors (Lipinski definition) is 11. The largest absolute Gasteiger partial charge is 0.494 e. The van der Waals surface area contributed by atoms with Gasteiger partial charge >= 0.3 is 0 Å². The molecule has 0 aliphatic heterocycles. The second-order valence-corrected chi connectivity index (χ2v) is 10.5.